The lowest BCUT2D eigenvalue weighted by molar-refractivity contribution is -0.114. The third kappa shape index (κ3) is 3.45. The third-order valence-electron chi connectivity index (χ3n) is 4.82. The van der Waals surface area contributed by atoms with Crippen molar-refractivity contribution in [1.29, 1.82) is 5.41 Å². The zero-order chi connectivity index (χ0) is 20.7. The zero-order valence-electron chi connectivity index (χ0n) is 16.4. The van der Waals surface area contributed by atoms with E-state index in [0.717, 1.165) is 40.5 Å². The summed E-state index contributed by atoms with van der Waals surface area (Å²) < 4.78 is 2.05. The number of halogens is 1. The monoisotopic (exact) mass is 425 g/mol. The maximum Gasteiger partial charge on any atom is 0.283 e. The lowest BCUT2D eigenvalue weighted by Gasteiger charge is -2.20. The number of thioether (sulfide) groups is 1. The molecule has 1 amide bonds. The van der Waals surface area contributed by atoms with Crippen LogP contribution < -0.4 is 0 Å². The summed E-state index contributed by atoms with van der Waals surface area (Å²) in [4.78, 5) is 16.8. The Balaban J connectivity index is 1.74. The van der Waals surface area contributed by atoms with Gasteiger partial charge in [-0.2, -0.15) is 15.1 Å². The SMILES string of the molecule is CCCC1=NN2C(=N)/C(=C\c3cc(C)n(-c4ccccc4Cl)c3C)C(=O)N=C2S1. The van der Waals surface area contributed by atoms with Crippen LogP contribution in [0.1, 0.15) is 36.7 Å². The van der Waals surface area contributed by atoms with E-state index in [1.165, 1.54) is 16.8 Å². The van der Waals surface area contributed by atoms with Crippen molar-refractivity contribution in [1.82, 2.24) is 9.58 Å². The largest absolute Gasteiger partial charge is 0.316 e. The number of carbonyl (C=O) groups is 1. The molecule has 0 bridgehead atoms. The highest BCUT2D eigenvalue weighted by atomic mass is 35.5. The molecule has 0 unspecified atom stereocenters. The van der Waals surface area contributed by atoms with Crippen LogP contribution in [0, 0.1) is 19.3 Å². The Morgan fingerprint density at radius 1 is 1.28 bits per heavy atom. The number of aryl methyl sites for hydroxylation is 1. The predicted molar refractivity (Wildman–Crippen MR) is 120 cm³/mol. The van der Waals surface area contributed by atoms with E-state index in [2.05, 4.69) is 17.0 Å². The molecular weight excluding hydrogens is 406 g/mol. The Hall–Kier alpha value is -2.64. The van der Waals surface area contributed by atoms with Crippen molar-refractivity contribution in [3.05, 3.63) is 57.9 Å². The average Bonchev–Trinajstić information content (AvgIpc) is 3.20. The van der Waals surface area contributed by atoms with E-state index in [0.29, 0.717) is 10.2 Å². The molecule has 0 aliphatic carbocycles. The van der Waals surface area contributed by atoms with E-state index < -0.39 is 5.91 Å². The Kier molecular flexibility index (Phi) is 5.19. The topological polar surface area (TPSA) is 73.8 Å². The van der Waals surface area contributed by atoms with Gasteiger partial charge in [-0.3, -0.25) is 10.2 Å². The molecule has 8 heteroatoms. The number of benzene rings is 1. The highest BCUT2D eigenvalue weighted by molar-refractivity contribution is 8.26. The van der Waals surface area contributed by atoms with Gasteiger partial charge in [0.15, 0.2) is 5.84 Å². The fourth-order valence-electron chi connectivity index (χ4n) is 3.44. The van der Waals surface area contributed by atoms with Gasteiger partial charge >= 0.3 is 0 Å². The molecule has 0 fully saturated rings. The molecule has 3 heterocycles. The molecule has 1 aromatic heterocycles. The van der Waals surface area contributed by atoms with Gasteiger partial charge in [-0.15, -0.1) is 0 Å². The summed E-state index contributed by atoms with van der Waals surface area (Å²) in [7, 11) is 0. The van der Waals surface area contributed by atoms with Gasteiger partial charge in [0.25, 0.3) is 5.91 Å². The summed E-state index contributed by atoms with van der Waals surface area (Å²) >= 11 is 7.75. The van der Waals surface area contributed by atoms with Crippen LogP contribution in [0.4, 0.5) is 0 Å². The molecule has 4 rings (SSSR count). The molecule has 0 saturated carbocycles. The van der Waals surface area contributed by atoms with Crippen LogP contribution in [-0.4, -0.2) is 31.5 Å². The Bertz CT molecular complexity index is 1130. The number of fused-ring (bicyclic) bond motifs is 1. The minimum absolute atomic E-state index is 0.0566. The summed E-state index contributed by atoms with van der Waals surface area (Å²) in [6.45, 7) is 6.03. The minimum atomic E-state index is -0.413. The molecule has 2 aliphatic rings. The summed E-state index contributed by atoms with van der Waals surface area (Å²) in [5.74, 6) is -0.356. The standard InChI is InChI=1S/C21H20ClN5OS/c1-4-7-18-25-27-19(23)15(20(28)24-21(27)29-18)11-14-10-12(2)26(13(14)3)17-9-6-5-8-16(17)22/h5-6,8-11,23H,4,7H2,1-3H3/b15-11+,23-19?. The first-order valence-electron chi connectivity index (χ1n) is 9.33. The van der Waals surface area contributed by atoms with Gasteiger partial charge in [-0.25, -0.2) is 0 Å². The number of aliphatic imine (C=N–C) groups is 1. The Labute approximate surface area is 178 Å². The van der Waals surface area contributed by atoms with E-state index in [-0.39, 0.29) is 11.4 Å². The molecule has 0 spiro atoms. The van der Waals surface area contributed by atoms with E-state index in [1.54, 1.807) is 6.08 Å². The number of amidine groups is 2. The number of amides is 1. The average molecular weight is 426 g/mol. The first kappa shape index (κ1) is 19.7. The zero-order valence-corrected chi connectivity index (χ0v) is 17.9. The lowest BCUT2D eigenvalue weighted by atomic mass is 10.1. The normalized spacial score (nSPS) is 17.7. The highest BCUT2D eigenvalue weighted by Gasteiger charge is 2.35. The Morgan fingerprint density at radius 2 is 2.03 bits per heavy atom. The molecular formula is C21H20ClN5OS. The molecule has 0 saturated heterocycles. The first-order valence-corrected chi connectivity index (χ1v) is 10.5. The smallest absolute Gasteiger partial charge is 0.283 e. The molecule has 29 heavy (non-hydrogen) atoms. The van der Waals surface area contributed by atoms with Gasteiger partial charge in [0.05, 0.1) is 16.3 Å². The van der Waals surface area contributed by atoms with E-state index in [4.69, 9.17) is 17.0 Å². The number of para-hydroxylation sites is 1. The van der Waals surface area contributed by atoms with Crippen molar-refractivity contribution >= 4 is 51.4 Å². The fraction of sp³-hybridized carbons (Fsp3) is 0.238. The number of aromatic nitrogens is 1. The second-order valence-electron chi connectivity index (χ2n) is 6.88. The van der Waals surface area contributed by atoms with Crippen LogP contribution >= 0.6 is 23.4 Å². The van der Waals surface area contributed by atoms with Gasteiger partial charge in [0, 0.05) is 11.4 Å². The first-order chi connectivity index (χ1) is 13.9. The van der Waals surface area contributed by atoms with Crippen LogP contribution in [0.25, 0.3) is 11.8 Å². The molecule has 0 radical (unpaired) electrons. The number of hydrogen-bond donors (Lipinski definition) is 1. The van der Waals surface area contributed by atoms with Gasteiger partial charge < -0.3 is 4.57 Å². The molecule has 148 valence electrons. The molecule has 0 atom stereocenters. The van der Waals surface area contributed by atoms with Gasteiger partial charge in [0.2, 0.25) is 5.17 Å². The molecule has 1 N–H and O–H groups in total. The van der Waals surface area contributed by atoms with Crippen molar-refractivity contribution in [2.45, 2.75) is 33.6 Å². The van der Waals surface area contributed by atoms with Crippen molar-refractivity contribution in [3.63, 3.8) is 0 Å². The minimum Gasteiger partial charge on any atom is -0.316 e. The van der Waals surface area contributed by atoms with Crippen molar-refractivity contribution in [3.8, 4) is 5.69 Å². The number of hydrogen-bond acceptors (Lipinski definition) is 4. The molecule has 1 aromatic carbocycles. The summed E-state index contributed by atoms with van der Waals surface area (Å²) in [6.07, 6.45) is 3.48. The van der Waals surface area contributed by atoms with E-state index in [1.807, 2.05) is 48.7 Å². The summed E-state index contributed by atoms with van der Waals surface area (Å²) in [6, 6.07) is 9.61. The highest BCUT2D eigenvalue weighted by Crippen LogP contribution is 2.31. The molecule has 2 aromatic rings. The maximum absolute atomic E-state index is 12.6. The number of nitrogens with zero attached hydrogens (tertiary/aromatic N) is 4. The van der Waals surface area contributed by atoms with Crippen LogP contribution in [0.2, 0.25) is 5.02 Å². The van der Waals surface area contributed by atoms with Gasteiger partial charge in [0.1, 0.15) is 5.04 Å². The van der Waals surface area contributed by atoms with Crippen LogP contribution in [0.15, 0.2) is 46.0 Å². The van der Waals surface area contributed by atoms with Crippen molar-refractivity contribution < 1.29 is 4.79 Å². The van der Waals surface area contributed by atoms with E-state index in [9.17, 15) is 4.79 Å². The van der Waals surface area contributed by atoms with Gasteiger partial charge in [-0.05, 0) is 68.3 Å². The van der Waals surface area contributed by atoms with Crippen LogP contribution in [0.5, 0.6) is 0 Å². The Morgan fingerprint density at radius 3 is 2.76 bits per heavy atom. The number of carbonyl (C=O) groups excluding carboxylic acids is 1. The summed E-state index contributed by atoms with van der Waals surface area (Å²) in [5, 5.41) is 16.4. The molecule has 2 aliphatic heterocycles. The fourth-order valence-corrected chi connectivity index (χ4v) is 4.65. The predicted octanol–water partition coefficient (Wildman–Crippen LogP) is 5.17. The van der Waals surface area contributed by atoms with Crippen LogP contribution in [-0.2, 0) is 4.79 Å². The molecule has 6 nitrogen and oxygen atoms in total. The maximum atomic E-state index is 12.6. The van der Waals surface area contributed by atoms with Gasteiger partial charge in [-0.1, -0.05) is 30.7 Å². The number of nitrogens with one attached hydrogen (secondary N) is 1. The second kappa shape index (κ2) is 7.65. The number of rotatable bonds is 4. The lowest BCUT2D eigenvalue weighted by Crippen LogP contribution is -2.35. The number of hydrazone groups is 1. The second-order valence-corrected chi connectivity index (χ2v) is 8.32. The van der Waals surface area contributed by atoms with E-state index >= 15 is 0 Å². The third-order valence-corrected chi connectivity index (χ3v) is 6.11. The quantitative estimate of drug-likeness (QED) is 0.687. The van der Waals surface area contributed by atoms with Crippen LogP contribution in [0.3, 0.4) is 0 Å². The van der Waals surface area contributed by atoms with Crippen molar-refractivity contribution in [2.75, 3.05) is 0 Å². The summed E-state index contributed by atoms with van der Waals surface area (Å²) in [5.41, 5.74) is 3.88. The van der Waals surface area contributed by atoms with Crippen molar-refractivity contribution in [2.24, 2.45) is 10.1 Å².